The lowest BCUT2D eigenvalue weighted by atomic mass is 10.1. The number of nitrogens with zero attached hydrogens (tertiary/aromatic N) is 2. The van der Waals surface area contributed by atoms with Crippen LogP contribution in [0.1, 0.15) is 11.3 Å². The minimum atomic E-state index is -0.158. The highest BCUT2D eigenvalue weighted by Crippen LogP contribution is 2.26. The topological polar surface area (TPSA) is 65.4 Å². The lowest BCUT2D eigenvalue weighted by Gasteiger charge is -2.12. The van der Waals surface area contributed by atoms with E-state index in [9.17, 15) is 4.79 Å². The summed E-state index contributed by atoms with van der Waals surface area (Å²) in [5, 5.41) is 7.42. The Kier molecular flexibility index (Phi) is 5.81. The molecule has 0 aliphatic heterocycles. The van der Waals surface area contributed by atoms with E-state index in [-0.39, 0.29) is 12.3 Å². The summed E-state index contributed by atoms with van der Waals surface area (Å²) in [4.78, 5) is 12.6. The molecule has 0 radical (unpaired) electrons. The van der Waals surface area contributed by atoms with Crippen LogP contribution in [0.4, 0.5) is 5.82 Å². The van der Waals surface area contributed by atoms with Crippen LogP contribution >= 0.6 is 15.9 Å². The molecule has 0 fully saturated rings. The Balaban J connectivity index is 1.81. The SMILES string of the molecule is COc1ccc(CC(=O)Nc2cc(C)nn2-c2cccc(Br)c2)c(OC)c1. The quantitative estimate of drug-likeness (QED) is 0.639. The van der Waals surface area contributed by atoms with Gasteiger partial charge in [-0.05, 0) is 31.2 Å². The van der Waals surface area contributed by atoms with Crippen molar-refractivity contribution in [1.82, 2.24) is 9.78 Å². The van der Waals surface area contributed by atoms with E-state index in [1.807, 2.05) is 43.3 Å². The molecule has 140 valence electrons. The highest BCUT2D eigenvalue weighted by Gasteiger charge is 2.14. The first-order valence-corrected chi connectivity index (χ1v) is 9.13. The minimum absolute atomic E-state index is 0.158. The molecule has 1 aromatic heterocycles. The van der Waals surface area contributed by atoms with E-state index in [2.05, 4.69) is 26.3 Å². The monoisotopic (exact) mass is 429 g/mol. The number of nitrogens with one attached hydrogen (secondary N) is 1. The third-order valence-electron chi connectivity index (χ3n) is 4.00. The second kappa shape index (κ2) is 8.26. The van der Waals surface area contributed by atoms with Gasteiger partial charge in [-0.15, -0.1) is 0 Å². The zero-order chi connectivity index (χ0) is 19.4. The molecule has 2 aromatic carbocycles. The van der Waals surface area contributed by atoms with Gasteiger partial charge >= 0.3 is 0 Å². The standard InChI is InChI=1S/C20H20BrN3O3/c1-13-9-19(24(23-13)16-6-4-5-15(21)11-16)22-20(25)10-14-7-8-17(26-2)12-18(14)27-3/h4-9,11-12H,10H2,1-3H3,(H,22,25). The van der Waals surface area contributed by atoms with Gasteiger partial charge in [-0.3, -0.25) is 4.79 Å². The Morgan fingerprint density at radius 1 is 1.15 bits per heavy atom. The first-order valence-electron chi connectivity index (χ1n) is 8.33. The van der Waals surface area contributed by atoms with Crippen LogP contribution in [0, 0.1) is 6.92 Å². The molecule has 0 saturated carbocycles. The van der Waals surface area contributed by atoms with E-state index in [0.717, 1.165) is 21.4 Å². The molecule has 0 unspecified atom stereocenters. The maximum atomic E-state index is 12.6. The Labute approximate surface area is 166 Å². The number of carbonyl (C=O) groups is 1. The minimum Gasteiger partial charge on any atom is -0.497 e. The molecule has 1 N–H and O–H groups in total. The molecular weight excluding hydrogens is 410 g/mol. The van der Waals surface area contributed by atoms with Gasteiger partial charge in [0.05, 0.1) is 32.0 Å². The Morgan fingerprint density at radius 3 is 2.67 bits per heavy atom. The molecule has 1 amide bonds. The molecule has 27 heavy (non-hydrogen) atoms. The van der Waals surface area contributed by atoms with Crippen LogP contribution in [0.25, 0.3) is 5.69 Å². The van der Waals surface area contributed by atoms with Crippen molar-refractivity contribution < 1.29 is 14.3 Å². The highest BCUT2D eigenvalue weighted by atomic mass is 79.9. The molecule has 0 aliphatic rings. The number of rotatable bonds is 6. The Bertz CT molecular complexity index is 969. The third-order valence-corrected chi connectivity index (χ3v) is 4.49. The summed E-state index contributed by atoms with van der Waals surface area (Å²) in [7, 11) is 3.16. The van der Waals surface area contributed by atoms with Crippen LogP contribution in [-0.2, 0) is 11.2 Å². The fourth-order valence-corrected chi connectivity index (χ4v) is 3.14. The molecule has 0 bridgehead atoms. The van der Waals surface area contributed by atoms with E-state index in [1.165, 1.54) is 0 Å². The summed E-state index contributed by atoms with van der Waals surface area (Å²) in [5.41, 5.74) is 2.45. The second-order valence-electron chi connectivity index (χ2n) is 5.97. The summed E-state index contributed by atoms with van der Waals surface area (Å²) < 4.78 is 13.2. The maximum Gasteiger partial charge on any atom is 0.230 e. The third kappa shape index (κ3) is 4.49. The molecule has 0 saturated heterocycles. The second-order valence-corrected chi connectivity index (χ2v) is 6.88. The van der Waals surface area contributed by atoms with Crippen molar-refractivity contribution in [2.45, 2.75) is 13.3 Å². The molecule has 0 atom stereocenters. The number of carbonyl (C=O) groups excluding carboxylic acids is 1. The first kappa shape index (κ1) is 19.0. The number of aryl methyl sites for hydroxylation is 1. The highest BCUT2D eigenvalue weighted by molar-refractivity contribution is 9.10. The van der Waals surface area contributed by atoms with Gasteiger partial charge in [-0.1, -0.05) is 28.1 Å². The van der Waals surface area contributed by atoms with Crippen LogP contribution < -0.4 is 14.8 Å². The number of hydrogen-bond acceptors (Lipinski definition) is 4. The largest absolute Gasteiger partial charge is 0.497 e. The van der Waals surface area contributed by atoms with Crippen LogP contribution in [0.15, 0.2) is 53.0 Å². The van der Waals surface area contributed by atoms with Crippen LogP contribution in [0.3, 0.4) is 0 Å². The smallest absolute Gasteiger partial charge is 0.230 e. The van der Waals surface area contributed by atoms with E-state index in [0.29, 0.717) is 17.3 Å². The van der Waals surface area contributed by atoms with Crippen molar-refractivity contribution in [3.8, 4) is 17.2 Å². The number of amides is 1. The number of hydrogen-bond donors (Lipinski definition) is 1. The van der Waals surface area contributed by atoms with Crippen molar-refractivity contribution in [3.63, 3.8) is 0 Å². The Morgan fingerprint density at radius 2 is 1.96 bits per heavy atom. The van der Waals surface area contributed by atoms with E-state index < -0.39 is 0 Å². The number of ether oxygens (including phenoxy) is 2. The van der Waals surface area contributed by atoms with E-state index in [1.54, 1.807) is 31.0 Å². The van der Waals surface area contributed by atoms with E-state index >= 15 is 0 Å². The summed E-state index contributed by atoms with van der Waals surface area (Å²) in [6.07, 6.45) is 0.176. The Hall–Kier alpha value is -2.80. The number of methoxy groups -OCH3 is 2. The zero-order valence-corrected chi connectivity index (χ0v) is 16.9. The predicted molar refractivity (Wildman–Crippen MR) is 108 cm³/mol. The average molecular weight is 430 g/mol. The number of halogens is 1. The molecule has 6 nitrogen and oxygen atoms in total. The summed E-state index contributed by atoms with van der Waals surface area (Å²) in [6.45, 7) is 1.89. The van der Waals surface area contributed by atoms with Crippen LogP contribution in [-0.4, -0.2) is 29.9 Å². The predicted octanol–water partition coefficient (Wildman–Crippen LogP) is 4.14. The zero-order valence-electron chi connectivity index (χ0n) is 15.3. The van der Waals surface area contributed by atoms with Crippen LogP contribution in [0.2, 0.25) is 0 Å². The molecule has 1 heterocycles. The molecule has 3 rings (SSSR count). The fourth-order valence-electron chi connectivity index (χ4n) is 2.75. The molecule has 0 spiro atoms. The van der Waals surface area contributed by atoms with Crippen molar-refractivity contribution in [3.05, 3.63) is 64.3 Å². The van der Waals surface area contributed by atoms with Crippen molar-refractivity contribution in [1.29, 1.82) is 0 Å². The van der Waals surface area contributed by atoms with E-state index in [4.69, 9.17) is 9.47 Å². The number of anilines is 1. The van der Waals surface area contributed by atoms with Crippen molar-refractivity contribution in [2.75, 3.05) is 19.5 Å². The molecule has 3 aromatic rings. The lowest BCUT2D eigenvalue weighted by molar-refractivity contribution is -0.115. The summed E-state index contributed by atoms with van der Waals surface area (Å²) in [6, 6.07) is 15.0. The van der Waals surface area contributed by atoms with Crippen molar-refractivity contribution >= 4 is 27.7 Å². The normalized spacial score (nSPS) is 10.5. The van der Waals surface area contributed by atoms with Gasteiger partial charge in [-0.2, -0.15) is 5.10 Å². The molecule has 0 aliphatic carbocycles. The lowest BCUT2D eigenvalue weighted by Crippen LogP contribution is -2.17. The fraction of sp³-hybridized carbons (Fsp3) is 0.200. The van der Waals surface area contributed by atoms with Gasteiger partial charge in [-0.25, -0.2) is 4.68 Å². The van der Waals surface area contributed by atoms with Gasteiger partial charge in [0.1, 0.15) is 17.3 Å². The van der Waals surface area contributed by atoms with Gasteiger partial charge in [0, 0.05) is 22.2 Å². The van der Waals surface area contributed by atoms with Gasteiger partial charge in [0.2, 0.25) is 5.91 Å². The van der Waals surface area contributed by atoms with Crippen LogP contribution in [0.5, 0.6) is 11.5 Å². The number of benzene rings is 2. The van der Waals surface area contributed by atoms with Crippen molar-refractivity contribution in [2.24, 2.45) is 0 Å². The maximum absolute atomic E-state index is 12.6. The first-order chi connectivity index (χ1) is 13.0. The summed E-state index contributed by atoms with van der Waals surface area (Å²) >= 11 is 3.46. The summed E-state index contributed by atoms with van der Waals surface area (Å²) in [5.74, 6) is 1.75. The van der Waals surface area contributed by atoms with Gasteiger partial charge < -0.3 is 14.8 Å². The van der Waals surface area contributed by atoms with Gasteiger partial charge in [0.25, 0.3) is 0 Å². The average Bonchev–Trinajstić information content (AvgIpc) is 3.02. The molecular formula is C20H20BrN3O3. The number of aromatic nitrogens is 2. The molecule has 7 heteroatoms. The van der Waals surface area contributed by atoms with Gasteiger partial charge in [0.15, 0.2) is 0 Å².